The number of carbonyl (C=O) groups excluding carboxylic acids is 2. The number of ether oxygens (including phenoxy) is 2. The molecular formula is C22H23N3O5S. The van der Waals surface area contributed by atoms with Gasteiger partial charge in [-0.25, -0.2) is 9.78 Å². The highest BCUT2D eigenvalue weighted by molar-refractivity contribution is 7.17. The molecule has 162 valence electrons. The van der Waals surface area contributed by atoms with E-state index < -0.39 is 11.9 Å². The first kappa shape index (κ1) is 22.2. The third kappa shape index (κ3) is 5.79. The van der Waals surface area contributed by atoms with E-state index in [-0.39, 0.29) is 17.4 Å². The van der Waals surface area contributed by atoms with Crippen molar-refractivity contribution in [1.29, 1.82) is 0 Å². The number of hydrogen-bond donors (Lipinski definition) is 1. The molecule has 1 aromatic carbocycles. The van der Waals surface area contributed by atoms with Gasteiger partial charge in [0.05, 0.1) is 12.3 Å². The molecule has 0 aliphatic heterocycles. The molecule has 1 amide bonds. The van der Waals surface area contributed by atoms with Crippen LogP contribution >= 0.6 is 11.3 Å². The van der Waals surface area contributed by atoms with Crippen molar-refractivity contribution in [2.45, 2.75) is 26.7 Å². The molecule has 8 nitrogen and oxygen atoms in total. The van der Waals surface area contributed by atoms with Gasteiger partial charge < -0.3 is 14.0 Å². The molecule has 0 unspecified atom stereocenters. The lowest BCUT2D eigenvalue weighted by atomic mass is 10.1. The van der Waals surface area contributed by atoms with E-state index in [0.29, 0.717) is 22.9 Å². The van der Waals surface area contributed by atoms with Gasteiger partial charge in [0.2, 0.25) is 0 Å². The van der Waals surface area contributed by atoms with Gasteiger partial charge in [0.1, 0.15) is 17.2 Å². The summed E-state index contributed by atoms with van der Waals surface area (Å²) >= 11 is 1.03. The molecule has 0 saturated carbocycles. The molecule has 0 spiro atoms. The molecule has 9 heteroatoms. The Hall–Kier alpha value is -3.46. The van der Waals surface area contributed by atoms with E-state index in [1.807, 2.05) is 24.3 Å². The standard InChI is InChI=1S/C22H23N3O5S/c1-4-6-12-28-16-9-7-15(8-10-16)18-13-17(25-30-18)20(26)24-22-23-14(3)19(31-22)21(27)29-11-5-2/h5,7-10,13H,2,4,6,11-12H2,1,3H3,(H,23,24,26). The van der Waals surface area contributed by atoms with Gasteiger partial charge in [-0.15, -0.1) is 0 Å². The average molecular weight is 442 g/mol. The summed E-state index contributed by atoms with van der Waals surface area (Å²) in [6, 6.07) is 8.92. The predicted molar refractivity (Wildman–Crippen MR) is 118 cm³/mol. The van der Waals surface area contributed by atoms with Crippen LogP contribution in [0.2, 0.25) is 0 Å². The van der Waals surface area contributed by atoms with Crippen molar-refractivity contribution in [2.75, 3.05) is 18.5 Å². The zero-order valence-corrected chi connectivity index (χ0v) is 18.2. The van der Waals surface area contributed by atoms with Gasteiger partial charge in [-0.2, -0.15) is 0 Å². The minimum atomic E-state index is -0.513. The summed E-state index contributed by atoms with van der Waals surface area (Å²) in [5.74, 6) is 0.223. The maximum absolute atomic E-state index is 12.5. The zero-order chi connectivity index (χ0) is 22.2. The molecule has 2 aromatic heterocycles. The number of thiazole rings is 1. The van der Waals surface area contributed by atoms with Crippen molar-refractivity contribution in [1.82, 2.24) is 10.1 Å². The van der Waals surface area contributed by atoms with Crippen LogP contribution in [0.15, 0.2) is 47.5 Å². The largest absolute Gasteiger partial charge is 0.494 e. The van der Waals surface area contributed by atoms with Crippen LogP contribution < -0.4 is 10.1 Å². The van der Waals surface area contributed by atoms with E-state index in [0.717, 1.165) is 35.5 Å². The molecule has 1 N–H and O–H groups in total. The Morgan fingerprint density at radius 2 is 2.06 bits per heavy atom. The number of esters is 1. The van der Waals surface area contributed by atoms with E-state index in [1.165, 1.54) is 6.08 Å². The number of rotatable bonds is 10. The number of anilines is 1. The smallest absolute Gasteiger partial charge is 0.350 e. The Morgan fingerprint density at radius 1 is 1.29 bits per heavy atom. The SMILES string of the molecule is C=CCOC(=O)c1sc(NC(=O)c2cc(-c3ccc(OCCCC)cc3)on2)nc1C. The lowest BCUT2D eigenvalue weighted by Crippen LogP contribution is -2.11. The second kappa shape index (κ2) is 10.5. The fraction of sp³-hybridized carbons (Fsp3) is 0.273. The first-order chi connectivity index (χ1) is 15.0. The maximum Gasteiger partial charge on any atom is 0.350 e. The van der Waals surface area contributed by atoms with Gasteiger partial charge in [0.15, 0.2) is 16.6 Å². The number of aromatic nitrogens is 2. The van der Waals surface area contributed by atoms with Crippen LogP contribution in [-0.2, 0) is 4.74 Å². The fourth-order valence-electron chi connectivity index (χ4n) is 2.57. The van der Waals surface area contributed by atoms with Gasteiger partial charge in [-0.1, -0.05) is 42.5 Å². The number of benzene rings is 1. The third-order valence-corrected chi connectivity index (χ3v) is 5.24. The van der Waals surface area contributed by atoms with Gasteiger partial charge in [0.25, 0.3) is 5.91 Å². The predicted octanol–water partition coefficient (Wildman–Crippen LogP) is 4.88. The quantitative estimate of drug-likeness (QED) is 0.272. The van der Waals surface area contributed by atoms with E-state index in [2.05, 4.69) is 29.0 Å². The lowest BCUT2D eigenvalue weighted by Gasteiger charge is -2.05. The third-order valence-electron chi connectivity index (χ3n) is 4.18. The minimum absolute atomic E-state index is 0.0990. The van der Waals surface area contributed by atoms with Gasteiger partial charge in [-0.05, 0) is 37.6 Å². The van der Waals surface area contributed by atoms with Crippen molar-refractivity contribution in [2.24, 2.45) is 0 Å². The molecule has 31 heavy (non-hydrogen) atoms. The summed E-state index contributed by atoms with van der Waals surface area (Å²) in [5, 5.41) is 6.73. The van der Waals surface area contributed by atoms with E-state index >= 15 is 0 Å². The van der Waals surface area contributed by atoms with Crippen molar-refractivity contribution in [3.8, 4) is 17.1 Å². The van der Waals surface area contributed by atoms with E-state index in [1.54, 1.807) is 13.0 Å². The number of aryl methyl sites for hydroxylation is 1. The van der Waals surface area contributed by atoms with Crippen LogP contribution in [0.4, 0.5) is 5.13 Å². The molecular weight excluding hydrogens is 418 g/mol. The highest BCUT2D eigenvalue weighted by Gasteiger charge is 2.20. The number of hydrogen-bond acceptors (Lipinski definition) is 8. The molecule has 3 aromatic rings. The highest BCUT2D eigenvalue weighted by Crippen LogP contribution is 2.26. The first-order valence-corrected chi connectivity index (χ1v) is 10.6. The Labute approximate surface area is 183 Å². The second-order valence-electron chi connectivity index (χ2n) is 6.58. The van der Waals surface area contributed by atoms with Gasteiger partial charge in [-0.3, -0.25) is 10.1 Å². The summed E-state index contributed by atoms with van der Waals surface area (Å²) in [4.78, 5) is 29.0. The molecule has 0 aliphatic carbocycles. The summed E-state index contributed by atoms with van der Waals surface area (Å²) in [7, 11) is 0. The Balaban J connectivity index is 1.64. The van der Waals surface area contributed by atoms with Crippen LogP contribution in [0.5, 0.6) is 5.75 Å². The monoisotopic (exact) mass is 441 g/mol. The summed E-state index contributed by atoms with van der Waals surface area (Å²) in [5.41, 5.74) is 1.34. The minimum Gasteiger partial charge on any atom is -0.494 e. The first-order valence-electron chi connectivity index (χ1n) is 9.78. The number of amides is 1. The summed E-state index contributed by atoms with van der Waals surface area (Å²) in [6.45, 7) is 8.05. The number of unbranched alkanes of at least 4 members (excludes halogenated alkanes) is 1. The number of nitrogens with zero attached hydrogens (tertiary/aromatic N) is 2. The molecule has 0 aliphatic rings. The molecule has 0 saturated heterocycles. The van der Waals surface area contributed by atoms with Crippen molar-refractivity contribution in [3.63, 3.8) is 0 Å². The normalized spacial score (nSPS) is 10.5. The van der Waals surface area contributed by atoms with Crippen molar-refractivity contribution >= 4 is 28.3 Å². The Kier molecular flexibility index (Phi) is 7.55. The van der Waals surface area contributed by atoms with Crippen molar-refractivity contribution < 1.29 is 23.6 Å². The maximum atomic E-state index is 12.5. The molecule has 0 fully saturated rings. The van der Waals surface area contributed by atoms with Crippen LogP contribution in [0.1, 0.15) is 45.6 Å². The summed E-state index contributed by atoms with van der Waals surface area (Å²) in [6.07, 6.45) is 3.55. The van der Waals surface area contributed by atoms with Gasteiger partial charge >= 0.3 is 5.97 Å². The van der Waals surface area contributed by atoms with Crippen LogP contribution in [-0.4, -0.2) is 35.2 Å². The van der Waals surface area contributed by atoms with E-state index in [9.17, 15) is 9.59 Å². The molecule has 0 bridgehead atoms. The second-order valence-corrected chi connectivity index (χ2v) is 7.58. The Morgan fingerprint density at radius 3 is 2.77 bits per heavy atom. The average Bonchev–Trinajstić information content (AvgIpc) is 3.40. The molecule has 3 rings (SSSR count). The molecule has 2 heterocycles. The van der Waals surface area contributed by atoms with Crippen LogP contribution in [0, 0.1) is 6.92 Å². The molecule has 0 atom stereocenters. The fourth-order valence-corrected chi connectivity index (χ4v) is 3.42. The van der Waals surface area contributed by atoms with Crippen molar-refractivity contribution in [3.05, 3.63) is 59.3 Å². The van der Waals surface area contributed by atoms with E-state index in [4.69, 9.17) is 14.0 Å². The van der Waals surface area contributed by atoms with Gasteiger partial charge in [0, 0.05) is 11.6 Å². The number of carbonyl (C=O) groups is 2. The van der Waals surface area contributed by atoms with Crippen LogP contribution in [0.25, 0.3) is 11.3 Å². The Bertz CT molecular complexity index is 1060. The lowest BCUT2D eigenvalue weighted by molar-refractivity contribution is 0.0554. The number of nitrogens with one attached hydrogen (secondary N) is 1. The summed E-state index contributed by atoms with van der Waals surface area (Å²) < 4.78 is 16.0. The molecule has 0 radical (unpaired) electrons. The zero-order valence-electron chi connectivity index (χ0n) is 17.3. The highest BCUT2D eigenvalue weighted by atomic mass is 32.1. The topological polar surface area (TPSA) is 104 Å². The van der Waals surface area contributed by atoms with Crippen LogP contribution in [0.3, 0.4) is 0 Å².